The van der Waals surface area contributed by atoms with E-state index in [4.69, 9.17) is 11.6 Å². The van der Waals surface area contributed by atoms with Crippen LogP contribution in [0.3, 0.4) is 0 Å². The molecule has 2 aromatic carbocycles. The molecule has 0 bridgehead atoms. The van der Waals surface area contributed by atoms with Crippen molar-refractivity contribution in [3.63, 3.8) is 0 Å². The lowest BCUT2D eigenvalue weighted by Crippen LogP contribution is -2.54. The first-order valence-corrected chi connectivity index (χ1v) is 12.4. The zero-order valence-corrected chi connectivity index (χ0v) is 19.7. The van der Waals surface area contributed by atoms with Crippen LogP contribution in [0.25, 0.3) is 0 Å². The van der Waals surface area contributed by atoms with Gasteiger partial charge in [-0.25, -0.2) is 18.0 Å². The van der Waals surface area contributed by atoms with Crippen molar-refractivity contribution in [3.05, 3.63) is 65.2 Å². The number of carbonyl (C=O) groups excluding carboxylic acids is 2. The lowest BCUT2D eigenvalue weighted by Gasteiger charge is -2.25. The van der Waals surface area contributed by atoms with Gasteiger partial charge < -0.3 is 21.1 Å². The molecule has 12 heteroatoms. The van der Waals surface area contributed by atoms with Crippen LogP contribution in [0.15, 0.2) is 59.5 Å². The van der Waals surface area contributed by atoms with Gasteiger partial charge in [-0.2, -0.15) is 4.31 Å². The average molecular weight is 509 g/mol. The van der Waals surface area contributed by atoms with Gasteiger partial charge in [-0.1, -0.05) is 48.0 Å². The minimum atomic E-state index is -3.92. The molecule has 4 N–H and O–H groups in total. The molecule has 1 saturated heterocycles. The summed E-state index contributed by atoms with van der Waals surface area (Å²) >= 11 is 6.04. The van der Waals surface area contributed by atoms with Crippen LogP contribution in [-0.4, -0.2) is 60.9 Å². The van der Waals surface area contributed by atoms with Crippen molar-refractivity contribution in [1.82, 2.24) is 20.3 Å². The molecule has 1 unspecified atom stereocenters. The van der Waals surface area contributed by atoms with Crippen LogP contribution in [-0.2, 0) is 26.2 Å². The number of aliphatic carboxylic acids is 1. The Kier molecular flexibility index (Phi) is 8.48. The summed E-state index contributed by atoms with van der Waals surface area (Å²) in [5.41, 5.74) is 0.684. The molecule has 0 spiro atoms. The van der Waals surface area contributed by atoms with Crippen LogP contribution >= 0.6 is 11.6 Å². The van der Waals surface area contributed by atoms with E-state index in [9.17, 15) is 27.9 Å². The summed E-state index contributed by atoms with van der Waals surface area (Å²) in [6.07, 6.45) is 0.723. The second-order valence-corrected chi connectivity index (χ2v) is 9.94. The fourth-order valence-electron chi connectivity index (χ4n) is 3.56. The Labute approximate surface area is 202 Å². The second kappa shape index (κ2) is 11.3. The van der Waals surface area contributed by atoms with E-state index >= 15 is 0 Å². The summed E-state index contributed by atoms with van der Waals surface area (Å²) in [7, 11) is -3.92. The van der Waals surface area contributed by atoms with Crippen LogP contribution in [0.1, 0.15) is 18.4 Å². The van der Waals surface area contributed by atoms with Gasteiger partial charge in [0.2, 0.25) is 15.9 Å². The minimum Gasteiger partial charge on any atom is -0.480 e. The number of hydrogen-bond acceptors (Lipinski definition) is 5. The van der Waals surface area contributed by atoms with Crippen molar-refractivity contribution in [2.24, 2.45) is 0 Å². The molecular formula is C22H25ClN4O6S. The van der Waals surface area contributed by atoms with E-state index < -0.39 is 46.6 Å². The molecule has 1 aliphatic heterocycles. The maximum atomic E-state index is 13.0. The minimum absolute atomic E-state index is 0.0568. The summed E-state index contributed by atoms with van der Waals surface area (Å²) < 4.78 is 27.0. The molecule has 0 radical (unpaired) electrons. The highest BCUT2D eigenvalue weighted by molar-refractivity contribution is 7.89. The Morgan fingerprint density at radius 1 is 1.06 bits per heavy atom. The quantitative estimate of drug-likeness (QED) is 0.404. The van der Waals surface area contributed by atoms with Crippen LogP contribution in [0, 0.1) is 0 Å². The largest absolute Gasteiger partial charge is 0.480 e. The average Bonchev–Trinajstić information content (AvgIpc) is 3.32. The first-order chi connectivity index (χ1) is 16.2. The number of benzene rings is 2. The molecule has 2 atom stereocenters. The molecule has 0 saturated carbocycles. The summed E-state index contributed by atoms with van der Waals surface area (Å²) in [4.78, 5) is 36.6. The van der Waals surface area contributed by atoms with E-state index in [1.54, 1.807) is 42.5 Å². The zero-order chi connectivity index (χ0) is 24.7. The Hall–Kier alpha value is -3.15. The molecule has 3 amide bonds. The van der Waals surface area contributed by atoms with E-state index in [0.717, 1.165) is 4.31 Å². The number of carboxylic acids is 1. The van der Waals surface area contributed by atoms with Crippen molar-refractivity contribution < 1.29 is 27.9 Å². The molecule has 0 aromatic heterocycles. The lowest BCUT2D eigenvalue weighted by molar-refractivity contribution is -0.142. The van der Waals surface area contributed by atoms with Gasteiger partial charge in [0.15, 0.2) is 0 Å². The maximum absolute atomic E-state index is 13.0. The van der Waals surface area contributed by atoms with Gasteiger partial charge in [-0.3, -0.25) is 4.79 Å². The molecule has 1 aliphatic rings. The topological polar surface area (TPSA) is 145 Å². The molecule has 2 aromatic rings. The first kappa shape index (κ1) is 25.5. The van der Waals surface area contributed by atoms with Gasteiger partial charge in [-0.15, -0.1) is 0 Å². The van der Waals surface area contributed by atoms with Crippen molar-refractivity contribution >= 4 is 39.5 Å². The van der Waals surface area contributed by atoms with E-state index in [-0.39, 0.29) is 24.4 Å². The maximum Gasteiger partial charge on any atom is 0.328 e. The fourth-order valence-corrected chi connectivity index (χ4v) is 5.44. The summed E-state index contributed by atoms with van der Waals surface area (Å²) in [6.45, 7) is -0.118. The lowest BCUT2D eigenvalue weighted by atomic mass is 10.2. The first-order valence-electron chi connectivity index (χ1n) is 10.6. The van der Waals surface area contributed by atoms with Crippen molar-refractivity contribution in [1.29, 1.82) is 0 Å². The second-order valence-electron chi connectivity index (χ2n) is 7.64. The molecule has 34 heavy (non-hydrogen) atoms. The number of urea groups is 1. The number of nitrogens with zero attached hydrogens (tertiary/aromatic N) is 1. The normalized spacial score (nSPS) is 17.0. The van der Waals surface area contributed by atoms with E-state index in [0.29, 0.717) is 17.0 Å². The smallest absolute Gasteiger partial charge is 0.328 e. The Morgan fingerprint density at radius 3 is 2.41 bits per heavy atom. The van der Waals surface area contributed by atoms with Crippen molar-refractivity contribution in [2.45, 2.75) is 36.4 Å². The Morgan fingerprint density at radius 2 is 1.74 bits per heavy atom. The highest BCUT2D eigenvalue weighted by Gasteiger charge is 2.40. The number of halogens is 1. The van der Waals surface area contributed by atoms with Crippen LogP contribution in [0.2, 0.25) is 5.02 Å². The van der Waals surface area contributed by atoms with Gasteiger partial charge in [0.05, 0.1) is 11.4 Å². The molecule has 1 heterocycles. The molecular weight excluding hydrogens is 484 g/mol. The van der Waals surface area contributed by atoms with E-state index in [2.05, 4.69) is 16.0 Å². The fraction of sp³-hybridized carbons (Fsp3) is 0.318. The van der Waals surface area contributed by atoms with E-state index in [1.165, 1.54) is 12.1 Å². The number of carboxylic acid groups (broad SMARTS) is 1. The van der Waals surface area contributed by atoms with Gasteiger partial charge in [0.1, 0.15) is 12.1 Å². The highest BCUT2D eigenvalue weighted by atomic mass is 35.5. The van der Waals surface area contributed by atoms with Gasteiger partial charge >= 0.3 is 12.0 Å². The Balaban J connectivity index is 1.58. The van der Waals surface area contributed by atoms with Gasteiger partial charge in [0.25, 0.3) is 0 Å². The third kappa shape index (κ3) is 6.25. The molecule has 3 rings (SSSR count). The number of hydrogen-bond donors (Lipinski definition) is 4. The summed E-state index contributed by atoms with van der Waals surface area (Å²) in [5, 5.41) is 17.3. The number of amides is 3. The van der Waals surface area contributed by atoms with Crippen LogP contribution in [0.5, 0.6) is 0 Å². The summed E-state index contributed by atoms with van der Waals surface area (Å²) in [6, 6.07) is 11.5. The van der Waals surface area contributed by atoms with E-state index in [1.807, 2.05) is 0 Å². The molecule has 0 aliphatic carbocycles. The third-order valence-electron chi connectivity index (χ3n) is 5.33. The Bertz CT molecular complexity index is 1150. The molecule has 182 valence electrons. The number of carbonyl (C=O) groups is 3. The number of sulfonamides is 1. The summed E-state index contributed by atoms with van der Waals surface area (Å²) in [5.74, 6) is -2.10. The highest BCUT2D eigenvalue weighted by Crippen LogP contribution is 2.26. The SMILES string of the molecule is O=C(NCc1ccccc1Cl)NC[C@H](NC(=O)C1CCCN1S(=O)(=O)c1ccccc1)C(=O)O. The van der Waals surface area contributed by atoms with Gasteiger partial charge in [0, 0.05) is 18.1 Å². The predicted octanol–water partition coefficient (Wildman–Crippen LogP) is 1.56. The van der Waals surface area contributed by atoms with Crippen LogP contribution < -0.4 is 16.0 Å². The molecule has 1 fully saturated rings. The van der Waals surface area contributed by atoms with Gasteiger partial charge in [-0.05, 0) is 36.6 Å². The third-order valence-corrected chi connectivity index (χ3v) is 7.63. The predicted molar refractivity (Wildman–Crippen MR) is 125 cm³/mol. The number of nitrogens with one attached hydrogen (secondary N) is 3. The monoisotopic (exact) mass is 508 g/mol. The molecule has 10 nitrogen and oxygen atoms in total. The zero-order valence-electron chi connectivity index (χ0n) is 18.1. The van der Waals surface area contributed by atoms with Crippen molar-refractivity contribution in [2.75, 3.05) is 13.1 Å². The van der Waals surface area contributed by atoms with Crippen LogP contribution in [0.4, 0.5) is 4.79 Å². The van der Waals surface area contributed by atoms with Crippen molar-refractivity contribution in [3.8, 4) is 0 Å². The number of rotatable bonds is 9. The standard InChI is InChI=1S/C22H25ClN4O6S/c23-17-10-5-4-7-15(17)13-24-22(31)25-14-18(21(29)30)26-20(28)19-11-6-12-27(19)34(32,33)16-8-2-1-3-9-16/h1-5,7-10,18-19H,6,11-14H2,(H,26,28)(H,29,30)(H2,24,25,31)/t18-,19?/m0/s1.